The van der Waals surface area contributed by atoms with Gasteiger partial charge in [-0.2, -0.15) is 0 Å². The Labute approximate surface area is 84.3 Å². The number of nitrogens with two attached hydrogens (primary N) is 1. The lowest BCUT2D eigenvalue weighted by molar-refractivity contribution is 0.146. The van der Waals surface area contributed by atoms with Crippen LogP contribution < -0.4 is 10.5 Å². The minimum absolute atomic E-state index is 0.332. The molecule has 1 saturated carbocycles. The Hall–Kier alpha value is -1.09. The molecular formula is C11H16N2O. The van der Waals surface area contributed by atoms with Crippen LogP contribution >= 0.6 is 0 Å². The van der Waals surface area contributed by atoms with Crippen molar-refractivity contribution in [1.29, 1.82) is 0 Å². The van der Waals surface area contributed by atoms with Crippen LogP contribution in [0.3, 0.4) is 0 Å². The molecule has 0 amide bonds. The first-order chi connectivity index (χ1) is 6.84. The van der Waals surface area contributed by atoms with Crippen molar-refractivity contribution >= 4 is 0 Å². The van der Waals surface area contributed by atoms with Crippen molar-refractivity contribution in [2.75, 3.05) is 0 Å². The fraction of sp³-hybridized carbons (Fsp3) is 0.545. The van der Waals surface area contributed by atoms with Crippen molar-refractivity contribution in [3.63, 3.8) is 0 Å². The second kappa shape index (κ2) is 4.42. The molecule has 0 spiro atoms. The third-order valence-electron chi connectivity index (χ3n) is 2.66. The summed E-state index contributed by atoms with van der Waals surface area (Å²) in [5.74, 6) is 0.868. The highest BCUT2D eigenvalue weighted by molar-refractivity contribution is 5.15. The van der Waals surface area contributed by atoms with E-state index in [1.54, 1.807) is 12.4 Å². The van der Waals surface area contributed by atoms with Gasteiger partial charge in [0, 0.05) is 12.2 Å². The van der Waals surface area contributed by atoms with E-state index in [0.717, 1.165) is 31.4 Å². The first-order valence-electron chi connectivity index (χ1n) is 5.17. The van der Waals surface area contributed by atoms with Gasteiger partial charge in [-0.1, -0.05) is 0 Å². The van der Waals surface area contributed by atoms with E-state index in [4.69, 9.17) is 10.5 Å². The first kappa shape index (κ1) is 9.46. The van der Waals surface area contributed by atoms with Gasteiger partial charge in [0.25, 0.3) is 0 Å². The summed E-state index contributed by atoms with van der Waals surface area (Å²) in [4.78, 5) is 4.02. The van der Waals surface area contributed by atoms with Crippen molar-refractivity contribution in [2.24, 2.45) is 5.73 Å². The van der Waals surface area contributed by atoms with Gasteiger partial charge >= 0.3 is 0 Å². The summed E-state index contributed by atoms with van der Waals surface area (Å²) in [6.45, 7) is 0. The van der Waals surface area contributed by atoms with Crippen LogP contribution in [0.4, 0.5) is 0 Å². The molecule has 0 aliphatic heterocycles. The summed E-state index contributed by atoms with van der Waals surface area (Å²) in [5.41, 5.74) is 5.82. The van der Waals surface area contributed by atoms with E-state index in [1.807, 2.05) is 12.1 Å². The molecule has 1 heterocycles. The monoisotopic (exact) mass is 192 g/mol. The average molecular weight is 192 g/mol. The Balaban J connectivity index is 1.87. The van der Waals surface area contributed by atoms with E-state index in [2.05, 4.69) is 4.98 Å². The van der Waals surface area contributed by atoms with Gasteiger partial charge in [0.05, 0.1) is 12.3 Å². The standard InChI is InChI=1S/C11H16N2O/c12-9-3-5-10(6-4-9)14-11-2-1-7-13-8-11/h1-2,7-10H,3-6,12H2/t9-,10-. The molecule has 1 aromatic heterocycles. The molecule has 0 bridgehead atoms. The van der Waals surface area contributed by atoms with Crippen LogP contribution in [0.15, 0.2) is 24.5 Å². The van der Waals surface area contributed by atoms with E-state index >= 15 is 0 Å². The highest BCUT2D eigenvalue weighted by Crippen LogP contribution is 2.21. The van der Waals surface area contributed by atoms with Crippen molar-refractivity contribution in [3.8, 4) is 5.75 Å². The molecule has 0 radical (unpaired) electrons. The molecule has 2 rings (SSSR count). The zero-order chi connectivity index (χ0) is 9.80. The van der Waals surface area contributed by atoms with Crippen molar-refractivity contribution in [1.82, 2.24) is 4.98 Å². The lowest BCUT2D eigenvalue weighted by Gasteiger charge is -2.26. The lowest BCUT2D eigenvalue weighted by atomic mass is 9.94. The molecule has 2 N–H and O–H groups in total. The zero-order valence-electron chi connectivity index (χ0n) is 8.23. The number of aromatic nitrogens is 1. The summed E-state index contributed by atoms with van der Waals surface area (Å²) in [6.07, 6.45) is 8.12. The number of ether oxygens (including phenoxy) is 1. The largest absolute Gasteiger partial charge is 0.489 e. The van der Waals surface area contributed by atoms with Gasteiger partial charge in [-0.05, 0) is 37.8 Å². The molecule has 1 aliphatic carbocycles. The summed E-state index contributed by atoms with van der Waals surface area (Å²) >= 11 is 0. The van der Waals surface area contributed by atoms with Crippen LogP contribution in [0.2, 0.25) is 0 Å². The zero-order valence-corrected chi connectivity index (χ0v) is 8.23. The van der Waals surface area contributed by atoms with Crippen molar-refractivity contribution in [3.05, 3.63) is 24.5 Å². The van der Waals surface area contributed by atoms with Gasteiger partial charge in [0.2, 0.25) is 0 Å². The predicted octanol–water partition coefficient (Wildman–Crippen LogP) is 1.73. The summed E-state index contributed by atoms with van der Waals surface area (Å²) in [5, 5.41) is 0. The molecule has 1 fully saturated rings. The van der Waals surface area contributed by atoms with Gasteiger partial charge in [-0.25, -0.2) is 0 Å². The number of hydrogen-bond donors (Lipinski definition) is 1. The lowest BCUT2D eigenvalue weighted by Crippen LogP contribution is -2.31. The maximum absolute atomic E-state index is 5.82. The second-order valence-electron chi connectivity index (χ2n) is 3.84. The normalized spacial score (nSPS) is 27.2. The van der Waals surface area contributed by atoms with E-state index in [-0.39, 0.29) is 0 Å². The summed E-state index contributed by atoms with van der Waals surface area (Å²) in [6, 6.07) is 4.22. The van der Waals surface area contributed by atoms with Crippen LogP contribution in [0, 0.1) is 0 Å². The fourth-order valence-corrected chi connectivity index (χ4v) is 1.82. The molecule has 0 saturated heterocycles. The fourth-order valence-electron chi connectivity index (χ4n) is 1.82. The minimum atomic E-state index is 0.332. The molecule has 1 aliphatic rings. The quantitative estimate of drug-likeness (QED) is 0.776. The van der Waals surface area contributed by atoms with Crippen LogP contribution in [-0.4, -0.2) is 17.1 Å². The maximum atomic E-state index is 5.82. The van der Waals surface area contributed by atoms with E-state index in [0.29, 0.717) is 12.1 Å². The van der Waals surface area contributed by atoms with Crippen LogP contribution in [0.25, 0.3) is 0 Å². The Kier molecular flexibility index (Phi) is 2.99. The minimum Gasteiger partial charge on any atom is -0.489 e. The van der Waals surface area contributed by atoms with E-state index in [1.165, 1.54) is 0 Å². The maximum Gasteiger partial charge on any atom is 0.137 e. The van der Waals surface area contributed by atoms with Gasteiger partial charge in [-0.3, -0.25) is 4.98 Å². The SMILES string of the molecule is N[C@H]1CC[C@H](Oc2cccnc2)CC1. The first-order valence-corrected chi connectivity index (χ1v) is 5.17. The topological polar surface area (TPSA) is 48.1 Å². The van der Waals surface area contributed by atoms with E-state index in [9.17, 15) is 0 Å². The smallest absolute Gasteiger partial charge is 0.137 e. The third-order valence-corrected chi connectivity index (χ3v) is 2.66. The second-order valence-corrected chi connectivity index (χ2v) is 3.84. The Morgan fingerprint density at radius 2 is 2.07 bits per heavy atom. The molecule has 0 atom stereocenters. The Morgan fingerprint density at radius 1 is 1.29 bits per heavy atom. The van der Waals surface area contributed by atoms with Crippen molar-refractivity contribution < 1.29 is 4.74 Å². The third kappa shape index (κ3) is 2.45. The summed E-state index contributed by atoms with van der Waals surface area (Å²) in [7, 11) is 0. The molecule has 0 aromatic carbocycles. The molecule has 3 heteroatoms. The highest BCUT2D eigenvalue weighted by Gasteiger charge is 2.19. The van der Waals surface area contributed by atoms with Crippen LogP contribution in [0.5, 0.6) is 5.75 Å². The average Bonchev–Trinajstić information content (AvgIpc) is 2.23. The van der Waals surface area contributed by atoms with Crippen molar-refractivity contribution in [2.45, 2.75) is 37.8 Å². The number of rotatable bonds is 2. The number of pyridine rings is 1. The predicted molar refractivity (Wildman–Crippen MR) is 55.1 cm³/mol. The Morgan fingerprint density at radius 3 is 2.71 bits per heavy atom. The van der Waals surface area contributed by atoms with Gasteiger partial charge in [-0.15, -0.1) is 0 Å². The highest BCUT2D eigenvalue weighted by atomic mass is 16.5. The van der Waals surface area contributed by atoms with Crippen LogP contribution in [-0.2, 0) is 0 Å². The number of nitrogens with zero attached hydrogens (tertiary/aromatic N) is 1. The van der Waals surface area contributed by atoms with Gasteiger partial charge in [0.1, 0.15) is 5.75 Å². The molecular weight excluding hydrogens is 176 g/mol. The Bertz CT molecular complexity index is 268. The summed E-state index contributed by atoms with van der Waals surface area (Å²) < 4.78 is 5.79. The van der Waals surface area contributed by atoms with E-state index < -0.39 is 0 Å². The van der Waals surface area contributed by atoms with Gasteiger partial charge < -0.3 is 10.5 Å². The molecule has 0 unspecified atom stereocenters. The van der Waals surface area contributed by atoms with Crippen LogP contribution in [0.1, 0.15) is 25.7 Å². The molecule has 3 nitrogen and oxygen atoms in total. The molecule has 14 heavy (non-hydrogen) atoms. The van der Waals surface area contributed by atoms with Gasteiger partial charge in [0.15, 0.2) is 0 Å². The molecule has 1 aromatic rings. The number of hydrogen-bond acceptors (Lipinski definition) is 3. The molecule has 76 valence electrons.